The average Bonchev–Trinajstić information content (AvgIpc) is 3.30. The Kier molecular flexibility index (Phi) is 4.27. The molecule has 4 rings (SSSR count). The number of nitrogens with one attached hydrogen (secondary N) is 1. The zero-order chi connectivity index (χ0) is 17.2. The summed E-state index contributed by atoms with van der Waals surface area (Å²) in [5, 5.41) is 15.4. The predicted octanol–water partition coefficient (Wildman–Crippen LogP) is 1.85. The number of thioether (sulfide) groups is 1. The Balaban J connectivity index is 1.42. The second-order valence-electron chi connectivity index (χ2n) is 5.96. The molecule has 25 heavy (non-hydrogen) atoms. The molecule has 0 radical (unpaired) electrons. The third kappa shape index (κ3) is 3.30. The molecule has 7 nitrogen and oxygen atoms in total. The molecule has 1 atom stereocenters. The normalized spacial score (nSPS) is 17.2. The number of carbonyl (C=O) groups is 1. The Bertz CT molecular complexity index is 911. The van der Waals surface area contributed by atoms with E-state index in [9.17, 15) is 4.79 Å². The van der Waals surface area contributed by atoms with E-state index in [1.54, 1.807) is 22.6 Å². The first-order chi connectivity index (χ1) is 12.2. The third-order valence-electron chi connectivity index (χ3n) is 4.33. The van der Waals surface area contributed by atoms with Gasteiger partial charge in [0.25, 0.3) is 5.91 Å². The standard InChI is InChI=1S/C17H18N6OS/c1-25-14-4-2-3-12(9-14)17(24)19-13-7-8-22(10-13)16-6-5-15-20-18-11-23(15)21-16/h2-6,9,11,13H,7-8,10H2,1H3,(H,19,24)/t13-/m0/s1. The minimum absolute atomic E-state index is 0.0232. The number of fused-ring (bicyclic) bond motifs is 1. The van der Waals surface area contributed by atoms with Crippen LogP contribution in [-0.2, 0) is 0 Å². The summed E-state index contributed by atoms with van der Waals surface area (Å²) in [7, 11) is 0. The van der Waals surface area contributed by atoms with E-state index >= 15 is 0 Å². The molecule has 1 aliphatic rings. The topological polar surface area (TPSA) is 75.4 Å². The number of hydrogen-bond acceptors (Lipinski definition) is 6. The van der Waals surface area contributed by atoms with Gasteiger partial charge in [0.1, 0.15) is 12.1 Å². The van der Waals surface area contributed by atoms with E-state index in [-0.39, 0.29) is 11.9 Å². The van der Waals surface area contributed by atoms with Crippen LogP contribution in [0.15, 0.2) is 47.6 Å². The molecule has 1 amide bonds. The highest BCUT2D eigenvalue weighted by molar-refractivity contribution is 7.98. The molecular weight excluding hydrogens is 336 g/mol. The van der Waals surface area contributed by atoms with E-state index in [1.165, 1.54) is 0 Å². The van der Waals surface area contributed by atoms with Gasteiger partial charge >= 0.3 is 0 Å². The predicted molar refractivity (Wildman–Crippen MR) is 97.1 cm³/mol. The summed E-state index contributed by atoms with van der Waals surface area (Å²) in [4.78, 5) is 15.7. The Morgan fingerprint density at radius 1 is 1.32 bits per heavy atom. The average molecular weight is 354 g/mol. The highest BCUT2D eigenvalue weighted by Crippen LogP contribution is 2.19. The Morgan fingerprint density at radius 2 is 2.24 bits per heavy atom. The molecular formula is C17H18N6OS. The molecule has 0 bridgehead atoms. The van der Waals surface area contributed by atoms with Crippen LogP contribution >= 0.6 is 11.8 Å². The minimum Gasteiger partial charge on any atom is -0.353 e. The van der Waals surface area contributed by atoms with Crippen LogP contribution in [0.25, 0.3) is 5.65 Å². The maximum Gasteiger partial charge on any atom is 0.251 e. The highest BCUT2D eigenvalue weighted by atomic mass is 32.2. The zero-order valence-corrected chi connectivity index (χ0v) is 14.6. The van der Waals surface area contributed by atoms with E-state index in [1.807, 2.05) is 42.7 Å². The van der Waals surface area contributed by atoms with Crippen molar-refractivity contribution in [3.05, 3.63) is 48.3 Å². The molecule has 1 aromatic carbocycles. The van der Waals surface area contributed by atoms with Gasteiger partial charge in [-0.3, -0.25) is 4.79 Å². The van der Waals surface area contributed by atoms with Crippen molar-refractivity contribution in [3.63, 3.8) is 0 Å². The number of rotatable bonds is 4. The van der Waals surface area contributed by atoms with Crippen LogP contribution in [0, 0.1) is 0 Å². The van der Waals surface area contributed by atoms with Gasteiger partial charge in [-0.15, -0.1) is 27.1 Å². The molecule has 0 unspecified atom stereocenters. The number of hydrogen-bond donors (Lipinski definition) is 1. The van der Waals surface area contributed by atoms with E-state index in [0.717, 1.165) is 35.9 Å². The lowest BCUT2D eigenvalue weighted by Gasteiger charge is -2.18. The van der Waals surface area contributed by atoms with Crippen molar-refractivity contribution in [1.82, 2.24) is 25.1 Å². The van der Waals surface area contributed by atoms with Crippen molar-refractivity contribution >= 4 is 29.1 Å². The van der Waals surface area contributed by atoms with Crippen LogP contribution in [0.1, 0.15) is 16.8 Å². The van der Waals surface area contributed by atoms with Gasteiger partial charge in [-0.05, 0) is 43.0 Å². The summed E-state index contributed by atoms with van der Waals surface area (Å²) in [6.07, 6.45) is 4.49. The summed E-state index contributed by atoms with van der Waals surface area (Å²) >= 11 is 1.63. The van der Waals surface area contributed by atoms with E-state index in [4.69, 9.17) is 0 Å². The number of nitrogens with zero attached hydrogens (tertiary/aromatic N) is 5. The third-order valence-corrected chi connectivity index (χ3v) is 5.05. The van der Waals surface area contributed by atoms with Gasteiger partial charge in [0, 0.05) is 29.6 Å². The summed E-state index contributed by atoms with van der Waals surface area (Å²) in [5.74, 6) is 0.846. The molecule has 1 N–H and O–H groups in total. The maximum absolute atomic E-state index is 12.5. The molecule has 3 aromatic rings. The Labute approximate surface area is 149 Å². The van der Waals surface area contributed by atoms with Crippen molar-refractivity contribution in [2.24, 2.45) is 0 Å². The minimum atomic E-state index is -0.0232. The van der Waals surface area contributed by atoms with Gasteiger partial charge in [0.15, 0.2) is 5.65 Å². The first-order valence-electron chi connectivity index (χ1n) is 8.10. The first-order valence-corrected chi connectivity index (χ1v) is 9.32. The molecule has 2 aromatic heterocycles. The van der Waals surface area contributed by atoms with Gasteiger partial charge in [0.05, 0.1) is 0 Å². The molecule has 0 saturated carbocycles. The van der Waals surface area contributed by atoms with Crippen LogP contribution in [-0.4, -0.2) is 51.1 Å². The summed E-state index contributed by atoms with van der Waals surface area (Å²) in [6, 6.07) is 11.7. The fourth-order valence-corrected chi connectivity index (χ4v) is 3.47. The van der Waals surface area contributed by atoms with E-state index < -0.39 is 0 Å². The lowest BCUT2D eigenvalue weighted by Crippen LogP contribution is -2.37. The summed E-state index contributed by atoms with van der Waals surface area (Å²) in [5.41, 5.74) is 1.43. The SMILES string of the molecule is CSc1cccc(C(=O)N[C@H]2CCN(c3ccc4nncn4n3)C2)c1. The van der Waals surface area contributed by atoms with Crippen molar-refractivity contribution in [3.8, 4) is 0 Å². The molecule has 0 aliphatic carbocycles. The van der Waals surface area contributed by atoms with Crippen LogP contribution in [0.3, 0.4) is 0 Å². The van der Waals surface area contributed by atoms with Crippen LogP contribution in [0.4, 0.5) is 5.82 Å². The summed E-state index contributed by atoms with van der Waals surface area (Å²) < 4.78 is 1.66. The van der Waals surface area contributed by atoms with Crippen molar-refractivity contribution in [2.75, 3.05) is 24.2 Å². The van der Waals surface area contributed by atoms with Gasteiger partial charge in [0.2, 0.25) is 0 Å². The monoisotopic (exact) mass is 354 g/mol. The number of anilines is 1. The van der Waals surface area contributed by atoms with Gasteiger partial charge in [-0.1, -0.05) is 6.07 Å². The quantitative estimate of drug-likeness (QED) is 0.721. The molecule has 8 heteroatoms. The van der Waals surface area contributed by atoms with Crippen LogP contribution < -0.4 is 10.2 Å². The first kappa shape index (κ1) is 15.9. The maximum atomic E-state index is 12.5. The van der Waals surface area contributed by atoms with Crippen molar-refractivity contribution in [1.29, 1.82) is 0 Å². The molecule has 1 aliphatic heterocycles. The van der Waals surface area contributed by atoms with Crippen molar-refractivity contribution < 1.29 is 4.79 Å². The molecule has 1 fully saturated rings. The highest BCUT2D eigenvalue weighted by Gasteiger charge is 2.25. The number of amides is 1. The van der Waals surface area contributed by atoms with E-state index in [2.05, 4.69) is 25.5 Å². The fraction of sp³-hybridized carbons (Fsp3) is 0.294. The smallest absolute Gasteiger partial charge is 0.251 e. The second-order valence-corrected chi connectivity index (χ2v) is 6.84. The molecule has 0 spiro atoms. The van der Waals surface area contributed by atoms with Gasteiger partial charge in [-0.2, -0.15) is 4.52 Å². The Morgan fingerprint density at radius 3 is 3.12 bits per heavy atom. The molecule has 128 valence electrons. The fourth-order valence-electron chi connectivity index (χ4n) is 3.01. The van der Waals surface area contributed by atoms with E-state index in [0.29, 0.717) is 5.56 Å². The lowest BCUT2D eigenvalue weighted by molar-refractivity contribution is 0.0940. The molecule has 1 saturated heterocycles. The number of aromatic nitrogens is 4. The Hall–Kier alpha value is -2.61. The number of benzene rings is 1. The number of carbonyl (C=O) groups excluding carboxylic acids is 1. The van der Waals surface area contributed by atoms with Crippen LogP contribution in [0.2, 0.25) is 0 Å². The van der Waals surface area contributed by atoms with Gasteiger partial charge in [-0.25, -0.2) is 0 Å². The van der Waals surface area contributed by atoms with Gasteiger partial charge < -0.3 is 10.2 Å². The lowest BCUT2D eigenvalue weighted by atomic mass is 10.2. The van der Waals surface area contributed by atoms with Crippen molar-refractivity contribution in [2.45, 2.75) is 17.4 Å². The summed E-state index contributed by atoms with van der Waals surface area (Å²) in [6.45, 7) is 1.60. The largest absolute Gasteiger partial charge is 0.353 e. The van der Waals surface area contributed by atoms with Crippen LogP contribution in [0.5, 0.6) is 0 Å². The second kappa shape index (κ2) is 6.72. The zero-order valence-electron chi connectivity index (χ0n) is 13.8. The molecule has 3 heterocycles.